The van der Waals surface area contributed by atoms with Gasteiger partial charge in [-0.15, -0.1) is 0 Å². The normalized spacial score (nSPS) is 19.0. The van der Waals surface area contributed by atoms with Crippen LogP contribution in [0.1, 0.15) is 37.3 Å². The summed E-state index contributed by atoms with van der Waals surface area (Å²) in [5, 5.41) is 21.8. The van der Waals surface area contributed by atoms with Crippen molar-refractivity contribution >= 4 is 0 Å². The Labute approximate surface area is 162 Å². The van der Waals surface area contributed by atoms with Crippen LogP contribution in [-0.4, -0.2) is 48.0 Å². The standard InChI is InChI=1S/C23H31NO3/c1-18(2)16-23(26,20-8-10-21(25)11-9-20)22(19-6-4-3-5-7-19)17-24-12-14-27-15-13-24/h3-11,18,22,25-26H,12-17H2,1-2H3/t22-,23-/m0/s1. The fourth-order valence-corrected chi connectivity index (χ4v) is 4.09. The Morgan fingerprint density at radius 3 is 2.22 bits per heavy atom. The van der Waals surface area contributed by atoms with E-state index < -0.39 is 5.60 Å². The maximum absolute atomic E-state index is 12.0. The number of aliphatic hydroxyl groups is 1. The molecule has 0 aliphatic carbocycles. The molecule has 146 valence electrons. The minimum Gasteiger partial charge on any atom is -0.508 e. The third-order valence-electron chi connectivity index (χ3n) is 5.41. The first-order chi connectivity index (χ1) is 13.0. The second-order valence-corrected chi connectivity index (χ2v) is 7.95. The van der Waals surface area contributed by atoms with Gasteiger partial charge in [-0.1, -0.05) is 56.3 Å². The number of hydrogen-bond acceptors (Lipinski definition) is 4. The molecule has 0 saturated carbocycles. The smallest absolute Gasteiger partial charge is 0.115 e. The molecule has 0 bridgehead atoms. The van der Waals surface area contributed by atoms with Crippen LogP contribution in [0.4, 0.5) is 0 Å². The summed E-state index contributed by atoms with van der Waals surface area (Å²) < 4.78 is 5.50. The van der Waals surface area contributed by atoms with Crippen molar-refractivity contribution in [1.82, 2.24) is 4.90 Å². The zero-order valence-corrected chi connectivity index (χ0v) is 16.3. The first-order valence-electron chi connectivity index (χ1n) is 9.86. The second kappa shape index (κ2) is 8.87. The van der Waals surface area contributed by atoms with Gasteiger partial charge in [0.1, 0.15) is 5.75 Å². The highest BCUT2D eigenvalue weighted by molar-refractivity contribution is 5.35. The van der Waals surface area contributed by atoms with Crippen LogP contribution < -0.4 is 0 Å². The van der Waals surface area contributed by atoms with Crippen LogP contribution in [0, 0.1) is 5.92 Å². The lowest BCUT2D eigenvalue weighted by Gasteiger charge is -2.41. The number of benzene rings is 2. The largest absolute Gasteiger partial charge is 0.508 e. The van der Waals surface area contributed by atoms with Crippen molar-refractivity contribution in [3.63, 3.8) is 0 Å². The Morgan fingerprint density at radius 1 is 1.00 bits per heavy atom. The third-order valence-corrected chi connectivity index (χ3v) is 5.41. The van der Waals surface area contributed by atoms with Gasteiger partial charge in [0.05, 0.1) is 18.8 Å². The van der Waals surface area contributed by atoms with Crippen molar-refractivity contribution in [2.45, 2.75) is 31.8 Å². The van der Waals surface area contributed by atoms with Gasteiger partial charge in [0.2, 0.25) is 0 Å². The monoisotopic (exact) mass is 369 g/mol. The molecule has 1 aliphatic heterocycles. The highest BCUT2D eigenvalue weighted by atomic mass is 16.5. The van der Waals surface area contributed by atoms with Crippen molar-refractivity contribution in [2.75, 3.05) is 32.8 Å². The first-order valence-corrected chi connectivity index (χ1v) is 9.86. The van der Waals surface area contributed by atoms with E-state index in [1.807, 2.05) is 30.3 Å². The topological polar surface area (TPSA) is 52.9 Å². The minimum absolute atomic E-state index is 0.0660. The van der Waals surface area contributed by atoms with Gasteiger partial charge < -0.3 is 14.9 Å². The summed E-state index contributed by atoms with van der Waals surface area (Å²) in [5.74, 6) is 0.485. The maximum Gasteiger partial charge on any atom is 0.115 e. The van der Waals surface area contributed by atoms with Crippen LogP contribution in [0.5, 0.6) is 5.75 Å². The van der Waals surface area contributed by atoms with Gasteiger partial charge in [0.25, 0.3) is 0 Å². The van der Waals surface area contributed by atoms with Crippen molar-refractivity contribution in [3.05, 3.63) is 65.7 Å². The summed E-state index contributed by atoms with van der Waals surface area (Å²) in [5.41, 5.74) is 0.984. The molecule has 3 rings (SSSR count). The van der Waals surface area contributed by atoms with Gasteiger partial charge in [-0.25, -0.2) is 0 Å². The van der Waals surface area contributed by atoms with Crippen LogP contribution >= 0.6 is 0 Å². The van der Waals surface area contributed by atoms with E-state index in [9.17, 15) is 10.2 Å². The maximum atomic E-state index is 12.0. The molecule has 1 saturated heterocycles. The fraction of sp³-hybridized carbons (Fsp3) is 0.478. The highest BCUT2D eigenvalue weighted by Gasteiger charge is 2.41. The summed E-state index contributed by atoms with van der Waals surface area (Å²) in [6.45, 7) is 8.31. The Bertz CT molecular complexity index is 695. The molecule has 0 amide bonds. The minimum atomic E-state index is -1.01. The zero-order chi connectivity index (χ0) is 19.3. The summed E-state index contributed by atoms with van der Waals surface area (Å²) >= 11 is 0. The summed E-state index contributed by atoms with van der Waals surface area (Å²) in [6.07, 6.45) is 0.654. The van der Waals surface area contributed by atoms with E-state index >= 15 is 0 Å². The average Bonchev–Trinajstić information content (AvgIpc) is 2.67. The SMILES string of the molecule is CC(C)C[C@](O)(c1ccc(O)cc1)[C@@H](CN1CCOCC1)c1ccccc1. The van der Waals surface area contributed by atoms with Gasteiger partial charge >= 0.3 is 0 Å². The van der Waals surface area contributed by atoms with E-state index in [-0.39, 0.29) is 11.7 Å². The number of rotatable bonds is 7. The molecule has 0 radical (unpaired) electrons. The summed E-state index contributed by atoms with van der Waals surface area (Å²) in [4.78, 5) is 2.38. The molecule has 0 unspecified atom stereocenters. The molecular weight excluding hydrogens is 338 g/mol. The molecular formula is C23H31NO3. The number of phenolic OH excluding ortho intramolecular Hbond substituents is 1. The van der Waals surface area contributed by atoms with Crippen LogP contribution in [0.15, 0.2) is 54.6 Å². The van der Waals surface area contributed by atoms with E-state index in [0.717, 1.165) is 44.0 Å². The molecule has 1 aliphatic rings. The lowest BCUT2D eigenvalue weighted by molar-refractivity contribution is -0.0356. The van der Waals surface area contributed by atoms with Crippen LogP contribution in [0.2, 0.25) is 0 Å². The summed E-state index contributed by atoms with van der Waals surface area (Å²) in [7, 11) is 0. The lowest BCUT2D eigenvalue weighted by atomic mass is 9.72. The van der Waals surface area contributed by atoms with E-state index in [1.54, 1.807) is 12.1 Å². The molecule has 4 heteroatoms. The zero-order valence-electron chi connectivity index (χ0n) is 16.3. The second-order valence-electron chi connectivity index (χ2n) is 7.95. The van der Waals surface area contributed by atoms with Gasteiger partial charge in [-0.2, -0.15) is 0 Å². The van der Waals surface area contributed by atoms with Crippen LogP contribution in [-0.2, 0) is 10.3 Å². The predicted molar refractivity (Wildman–Crippen MR) is 108 cm³/mol. The summed E-state index contributed by atoms with van der Waals surface area (Å²) in [6, 6.07) is 17.3. The van der Waals surface area contributed by atoms with Crippen molar-refractivity contribution in [1.29, 1.82) is 0 Å². The molecule has 2 aromatic rings. The number of aromatic hydroxyl groups is 1. The van der Waals surface area contributed by atoms with Gasteiger partial charge in [0.15, 0.2) is 0 Å². The lowest BCUT2D eigenvalue weighted by Crippen LogP contribution is -2.45. The van der Waals surface area contributed by atoms with Gasteiger partial charge in [-0.3, -0.25) is 4.90 Å². The van der Waals surface area contributed by atoms with Gasteiger partial charge in [-0.05, 0) is 35.6 Å². The number of hydrogen-bond donors (Lipinski definition) is 2. The van der Waals surface area contributed by atoms with Crippen LogP contribution in [0.25, 0.3) is 0 Å². The van der Waals surface area contributed by atoms with E-state index in [1.165, 1.54) is 0 Å². The molecule has 2 N–H and O–H groups in total. The van der Waals surface area contributed by atoms with Crippen LogP contribution in [0.3, 0.4) is 0 Å². The predicted octanol–water partition coefficient (Wildman–Crippen LogP) is 3.74. The highest BCUT2D eigenvalue weighted by Crippen LogP contribution is 2.42. The average molecular weight is 370 g/mol. The molecule has 4 nitrogen and oxygen atoms in total. The third kappa shape index (κ3) is 4.89. The Balaban J connectivity index is 2.01. The molecule has 1 fully saturated rings. The fourth-order valence-electron chi connectivity index (χ4n) is 4.09. The molecule has 1 heterocycles. The molecule has 0 aromatic heterocycles. The van der Waals surface area contributed by atoms with Crippen molar-refractivity contribution in [2.24, 2.45) is 5.92 Å². The van der Waals surface area contributed by atoms with E-state index in [2.05, 4.69) is 30.9 Å². The number of phenols is 1. The van der Waals surface area contributed by atoms with E-state index in [4.69, 9.17) is 4.74 Å². The molecule has 0 spiro atoms. The molecule has 27 heavy (non-hydrogen) atoms. The van der Waals surface area contributed by atoms with Crippen molar-refractivity contribution in [3.8, 4) is 5.75 Å². The number of ether oxygens (including phenoxy) is 1. The first kappa shape index (κ1) is 19.9. The Morgan fingerprint density at radius 2 is 1.63 bits per heavy atom. The van der Waals surface area contributed by atoms with E-state index in [0.29, 0.717) is 12.3 Å². The van der Waals surface area contributed by atoms with Crippen molar-refractivity contribution < 1.29 is 14.9 Å². The number of nitrogens with zero attached hydrogens (tertiary/aromatic N) is 1. The van der Waals surface area contributed by atoms with Gasteiger partial charge in [0, 0.05) is 25.6 Å². The molecule has 2 atom stereocenters. The Kier molecular flexibility index (Phi) is 6.53. The number of morpholine rings is 1. The quantitative estimate of drug-likeness (QED) is 0.781. The Hall–Kier alpha value is -1.88. The molecule has 2 aromatic carbocycles.